The van der Waals surface area contributed by atoms with Gasteiger partial charge in [0.25, 0.3) is 0 Å². The molecular weight excluding hydrogens is 260 g/mol. The molecule has 0 aliphatic rings. The van der Waals surface area contributed by atoms with Crippen LogP contribution in [0.25, 0.3) is 21.9 Å². The molecule has 3 heteroatoms. The van der Waals surface area contributed by atoms with Crippen molar-refractivity contribution in [1.29, 1.82) is 0 Å². The van der Waals surface area contributed by atoms with Gasteiger partial charge < -0.3 is 15.5 Å². The molecule has 3 nitrogen and oxygen atoms in total. The number of hydrogen-bond acceptors (Lipinski definition) is 3. The first-order chi connectivity index (χ1) is 10.3. The molecule has 0 amide bonds. The molecule has 0 radical (unpaired) electrons. The van der Waals surface area contributed by atoms with Crippen molar-refractivity contribution in [2.24, 2.45) is 0 Å². The minimum atomic E-state index is 0.731. The van der Waals surface area contributed by atoms with Crippen molar-refractivity contribution in [2.75, 3.05) is 11.1 Å². The van der Waals surface area contributed by atoms with Gasteiger partial charge in [-0.1, -0.05) is 30.3 Å². The van der Waals surface area contributed by atoms with E-state index in [9.17, 15) is 0 Å². The highest BCUT2D eigenvalue weighted by molar-refractivity contribution is 6.06. The Morgan fingerprint density at radius 1 is 0.762 bits per heavy atom. The molecule has 1 aromatic heterocycles. The largest absolute Gasteiger partial charge is 0.456 e. The minimum Gasteiger partial charge on any atom is -0.456 e. The van der Waals surface area contributed by atoms with Gasteiger partial charge in [0.1, 0.15) is 11.2 Å². The average molecular weight is 274 g/mol. The van der Waals surface area contributed by atoms with Crippen LogP contribution in [0.1, 0.15) is 0 Å². The fourth-order valence-electron chi connectivity index (χ4n) is 2.57. The molecule has 0 saturated heterocycles. The summed E-state index contributed by atoms with van der Waals surface area (Å²) in [7, 11) is 0. The number of anilines is 3. The SMILES string of the molecule is Nc1ccccc1Nc1ccc2oc3ccccc3c2c1. The van der Waals surface area contributed by atoms with Crippen LogP contribution < -0.4 is 11.1 Å². The highest BCUT2D eigenvalue weighted by Gasteiger charge is 2.07. The van der Waals surface area contributed by atoms with E-state index in [0.29, 0.717) is 0 Å². The van der Waals surface area contributed by atoms with Crippen LogP contribution in [-0.4, -0.2) is 0 Å². The molecule has 0 atom stereocenters. The molecule has 3 aromatic carbocycles. The molecule has 1 heterocycles. The first kappa shape index (κ1) is 11.9. The van der Waals surface area contributed by atoms with Crippen molar-refractivity contribution in [3.63, 3.8) is 0 Å². The first-order valence-electron chi connectivity index (χ1n) is 6.84. The summed E-state index contributed by atoms with van der Waals surface area (Å²) in [4.78, 5) is 0. The van der Waals surface area contributed by atoms with Crippen LogP contribution in [-0.2, 0) is 0 Å². The number of para-hydroxylation sites is 3. The third kappa shape index (κ3) is 1.99. The van der Waals surface area contributed by atoms with Crippen molar-refractivity contribution >= 4 is 39.0 Å². The van der Waals surface area contributed by atoms with Crippen LogP contribution in [0.15, 0.2) is 71.1 Å². The molecular formula is C18H14N2O. The number of nitrogens with two attached hydrogens (primary N) is 1. The van der Waals surface area contributed by atoms with Gasteiger partial charge in [0.2, 0.25) is 0 Å². The zero-order valence-electron chi connectivity index (χ0n) is 11.3. The van der Waals surface area contributed by atoms with Crippen molar-refractivity contribution in [2.45, 2.75) is 0 Å². The molecule has 0 aliphatic carbocycles. The number of rotatable bonds is 2. The lowest BCUT2D eigenvalue weighted by Gasteiger charge is -2.08. The second-order valence-electron chi connectivity index (χ2n) is 5.02. The van der Waals surface area contributed by atoms with Crippen molar-refractivity contribution in [3.05, 3.63) is 66.7 Å². The monoisotopic (exact) mass is 274 g/mol. The van der Waals surface area contributed by atoms with Crippen LogP contribution in [0, 0.1) is 0 Å². The first-order valence-corrected chi connectivity index (χ1v) is 6.84. The predicted molar refractivity (Wildman–Crippen MR) is 87.9 cm³/mol. The zero-order chi connectivity index (χ0) is 14.2. The molecule has 0 unspecified atom stereocenters. The van der Waals surface area contributed by atoms with E-state index in [4.69, 9.17) is 10.2 Å². The van der Waals surface area contributed by atoms with Gasteiger partial charge in [-0.3, -0.25) is 0 Å². The number of nitrogen functional groups attached to an aromatic ring is 1. The van der Waals surface area contributed by atoms with Crippen LogP contribution >= 0.6 is 0 Å². The normalized spacial score (nSPS) is 11.0. The van der Waals surface area contributed by atoms with Gasteiger partial charge in [-0.25, -0.2) is 0 Å². The second kappa shape index (κ2) is 4.56. The maximum atomic E-state index is 5.97. The summed E-state index contributed by atoms with van der Waals surface area (Å²) in [6.45, 7) is 0. The van der Waals surface area contributed by atoms with E-state index in [-0.39, 0.29) is 0 Å². The molecule has 4 rings (SSSR count). The molecule has 0 bridgehead atoms. The van der Waals surface area contributed by atoms with Gasteiger partial charge in [0.05, 0.1) is 11.4 Å². The Bertz CT molecular complexity index is 940. The van der Waals surface area contributed by atoms with Crippen molar-refractivity contribution in [1.82, 2.24) is 0 Å². The summed E-state index contributed by atoms with van der Waals surface area (Å²) in [5.41, 5.74) is 10.4. The van der Waals surface area contributed by atoms with Gasteiger partial charge >= 0.3 is 0 Å². The average Bonchev–Trinajstić information content (AvgIpc) is 2.88. The Balaban J connectivity index is 1.83. The van der Waals surface area contributed by atoms with Gasteiger partial charge in [0, 0.05) is 16.5 Å². The number of benzene rings is 3. The van der Waals surface area contributed by atoms with E-state index in [1.54, 1.807) is 0 Å². The van der Waals surface area contributed by atoms with Crippen LogP contribution in [0.4, 0.5) is 17.1 Å². The highest BCUT2D eigenvalue weighted by Crippen LogP contribution is 2.32. The summed E-state index contributed by atoms with van der Waals surface area (Å²) in [5.74, 6) is 0. The standard InChI is InChI=1S/C18H14N2O/c19-15-6-2-3-7-16(15)20-12-9-10-18-14(11-12)13-5-1-4-8-17(13)21-18/h1-11,20H,19H2. The summed E-state index contributed by atoms with van der Waals surface area (Å²) in [6, 6.07) is 21.9. The lowest BCUT2D eigenvalue weighted by atomic mass is 10.1. The molecule has 21 heavy (non-hydrogen) atoms. The summed E-state index contributed by atoms with van der Waals surface area (Å²) >= 11 is 0. The Labute approximate surface area is 122 Å². The summed E-state index contributed by atoms with van der Waals surface area (Å²) in [5, 5.41) is 5.58. The van der Waals surface area contributed by atoms with E-state index >= 15 is 0 Å². The van der Waals surface area contributed by atoms with Gasteiger partial charge in [-0.15, -0.1) is 0 Å². The molecule has 0 aliphatic heterocycles. The molecule has 0 saturated carbocycles. The zero-order valence-corrected chi connectivity index (χ0v) is 11.3. The summed E-state index contributed by atoms with van der Waals surface area (Å²) in [6.07, 6.45) is 0. The van der Waals surface area contributed by atoms with Crippen molar-refractivity contribution in [3.8, 4) is 0 Å². The van der Waals surface area contributed by atoms with E-state index in [1.165, 1.54) is 0 Å². The maximum absolute atomic E-state index is 5.97. The van der Waals surface area contributed by atoms with Gasteiger partial charge in [0.15, 0.2) is 0 Å². The smallest absolute Gasteiger partial charge is 0.135 e. The topological polar surface area (TPSA) is 51.2 Å². The minimum absolute atomic E-state index is 0.731. The number of furan rings is 1. The molecule has 0 spiro atoms. The van der Waals surface area contributed by atoms with Crippen LogP contribution in [0.3, 0.4) is 0 Å². The number of fused-ring (bicyclic) bond motifs is 3. The van der Waals surface area contributed by atoms with Crippen LogP contribution in [0.2, 0.25) is 0 Å². The van der Waals surface area contributed by atoms with Crippen molar-refractivity contribution < 1.29 is 4.42 Å². The van der Waals surface area contributed by atoms with Crippen LogP contribution in [0.5, 0.6) is 0 Å². The quantitative estimate of drug-likeness (QED) is 0.510. The van der Waals surface area contributed by atoms with E-state index < -0.39 is 0 Å². The lowest BCUT2D eigenvalue weighted by Crippen LogP contribution is -1.95. The third-order valence-electron chi connectivity index (χ3n) is 3.62. The molecule has 0 fully saturated rings. The number of hydrogen-bond donors (Lipinski definition) is 2. The van der Waals surface area contributed by atoms with Gasteiger partial charge in [-0.2, -0.15) is 0 Å². The fraction of sp³-hybridized carbons (Fsp3) is 0. The summed E-state index contributed by atoms with van der Waals surface area (Å²) < 4.78 is 5.83. The third-order valence-corrected chi connectivity index (χ3v) is 3.62. The Morgan fingerprint density at radius 2 is 1.52 bits per heavy atom. The van der Waals surface area contributed by atoms with Gasteiger partial charge in [-0.05, 0) is 36.4 Å². The predicted octanol–water partition coefficient (Wildman–Crippen LogP) is 4.91. The Morgan fingerprint density at radius 3 is 2.43 bits per heavy atom. The molecule has 102 valence electrons. The van der Waals surface area contributed by atoms with E-state index in [1.807, 2.05) is 54.6 Å². The van der Waals surface area contributed by atoms with E-state index in [0.717, 1.165) is 39.0 Å². The Kier molecular flexibility index (Phi) is 2.57. The maximum Gasteiger partial charge on any atom is 0.135 e. The number of nitrogens with one attached hydrogen (secondary N) is 1. The Hall–Kier alpha value is -2.94. The molecule has 4 aromatic rings. The molecule has 3 N–H and O–H groups in total. The fourth-order valence-corrected chi connectivity index (χ4v) is 2.57. The second-order valence-corrected chi connectivity index (χ2v) is 5.02. The lowest BCUT2D eigenvalue weighted by molar-refractivity contribution is 0.669. The highest BCUT2D eigenvalue weighted by atomic mass is 16.3. The van der Waals surface area contributed by atoms with E-state index in [2.05, 4.69) is 17.4 Å².